The van der Waals surface area contributed by atoms with Gasteiger partial charge >= 0.3 is 5.97 Å². The Kier molecular flexibility index (Phi) is 6.11. The number of nitrogens with one attached hydrogen (secondary N) is 1. The minimum Gasteiger partial charge on any atom is -0.490 e. The van der Waals surface area contributed by atoms with Gasteiger partial charge in [0.15, 0.2) is 17.3 Å². The Hall–Kier alpha value is -3.06. The van der Waals surface area contributed by atoms with Crippen LogP contribution in [0.5, 0.6) is 11.5 Å². The number of dihydropyridines is 1. The summed E-state index contributed by atoms with van der Waals surface area (Å²) in [5.41, 5.74) is 4.47. The third kappa shape index (κ3) is 3.50. The summed E-state index contributed by atoms with van der Waals surface area (Å²) in [6.45, 7) is 6.53. The number of hydrogen-bond donors (Lipinski definition) is 1. The van der Waals surface area contributed by atoms with Crippen molar-refractivity contribution in [3.63, 3.8) is 0 Å². The molecule has 2 aromatic carbocycles. The average molecular weight is 498 g/mol. The van der Waals surface area contributed by atoms with Crippen molar-refractivity contribution in [2.24, 2.45) is 0 Å². The summed E-state index contributed by atoms with van der Waals surface area (Å²) in [4.78, 5) is 26.4. The number of benzene rings is 2. The van der Waals surface area contributed by atoms with Crippen molar-refractivity contribution in [2.45, 2.75) is 26.7 Å². The van der Waals surface area contributed by atoms with Gasteiger partial charge in [-0.15, -0.1) is 0 Å². The van der Waals surface area contributed by atoms with Crippen LogP contribution in [0.25, 0.3) is 5.70 Å². The maximum absolute atomic E-state index is 13.5. The highest BCUT2D eigenvalue weighted by Crippen LogP contribution is 2.49. The van der Waals surface area contributed by atoms with Crippen molar-refractivity contribution < 1.29 is 23.8 Å². The number of ether oxygens (including phenoxy) is 3. The van der Waals surface area contributed by atoms with E-state index in [1.165, 1.54) is 7.11 Å². The molecule has 0 bridgehead atoms. The Labute approximate surface area is 195 Å². The quantitative estimate of drug-likeness (QED) is 0.566. The van der Waals surface area contributed by atoms with Crippen molar-refractivity contribution >= 4 is 33.4 Å². The number of esters is 1. The summed E-state index contributed by atoms with van der Waals surface area (Å²) >= 11 is 3.59. The maximum atomic E-state index is 13.5. The van der Waals surface area contributed by atoms with Crippen LogP contribution < -0.4 is 14.8 Å². The van der Waals surface area contributed by atoms with Gasteiger partial charge in [0.2, 0.25) is 0 Å². The summed E-state index contributed by atoms with van der Waals surface area (Å²) in [7, 11) is 1.34. The summed E-state index contributed by atoms with van der Waals surface area (Å²) in [5.74, 6) is -0.0835. The Morgan fingerprint density at radius 1 is 1.09 bits per heavy atom. The molecule has 0 saturated heterocycles. The lowest BCUT2D eigenvalue weighted by Crippen LogP contribution is -2.29. The average Bonchev–Trinajstić information content (AvgIpc) is 3.06. The second kappa shape index (κ2) is 8.82. The third-order valence-electron chi connectivity index (χ3n) is 5.61. The summed E-state index contributed by atoms with van der Waals surface area (Å²) in [6, 6.07) is 11.2. The van der Waals surface area contributed by atoms with E-state index in [-0.39, 0.29) is 5.78 Å². The summed E-state index contributed by atoms with van der Waals surface area (Å²) < 4.78 is 17.4. The fourth-order valence-electron chi connectivity index (χ4n) is 4.34. The van der Waals surface area contributed by atoms with Crippen molar-refractivity contribution in [1.29, 1.82) is 0 Å². The number of hydrogen-bond acceptors (Lipinski definition) is 6. The molecule has 4 rings (SSSR count). The summed E-state index contributed by atoms with van der Waals surface area (Å²) in [5, 5.41) is 3.29. The third-order valence-corrected chi connectivity index (χ3v) is 6.20. The second-order valence-corrected chi connectivity index (χ2v) is 8.30. The molecule has 2 aromatic rings. The zero-order valence-electron chi connectivity index (χ0n) is 18.4. The molecule has 0 spiro atoms. The number of ketones is 1. The fraction of sp³-hybridized carbons (Fsp3) is 0.280. The molecule has 1 atom stereocenters. The Morgan fingerprint density at radius 2 is 1.78 bits per heavy atom. The highest BCUT2D eigenvalue weighted by atomic mass is 79.9. The molecule has 1 aliphatic carbocycles. The molecule has 0 aromatic heterocycles. The monoisotopic (exact) mass is 497 g/mol. The standard InChI is InChI=1S/C25H24BrNO5/c1-5-31-18-12-14(11-17(26)24(18)32-6-2)20-19(25(29)30-4)13(3)27-22-15-9-7-8-10-16(15)23(28)21(20)22/h7-12,20,27H,5-6H2,1-4H3/t20-/m1/s1. The zero-order chi connectivity index (χ0) is 23.0. The van der Waals surface area contributed by atoms with E-state index < -0.39 is 11.9 Å². The van der Waals surface area contributed by atoms with Gasteiger partial charge in [0, 0.05) is 28.3 Å². The number of methoxy groups -OCH3 is 1. The van der Waals surface area contributed by atoms with Crippen LogP contribution in [-0.4, -0.2) is 32.1 Å². The van der Waals surface area contributed by atoms with Gasteiger partial charge in [-0.25, -0.2) is 4.79 Å². The SMILES string of the molecule is CCOc1cc([C@@H]2C(C(=O)OC)=C(C)NC3=C2C(=O)c2ccccc23)cc(Br)c1OCC. The Balaban J connectivity index is 1.96. The van der Waals surface area contributed by atoms with Crippen LogP contribution in [0, 0.1) is 0 Å². The number of rotatable bonds is 6. The molecule has 1 N–H and O–H groups in total. The van der Waals surface area contributed by atoms with Gasteiger partial charge in [-0.2, -0.15) is 0 Å². The first-order valence-corrected chi connectivity index (χ1v) is 11.3. The van der Waals surface area contributed by atoms with Gasteiger partial charge in [0.05, 0.1) is 36.1 Å². The first-order chi connectivity index (χ1) is 15.4. The molecule has 7 heteroatoms. The summed E-state index contributed by atoms with van der Waals surface area (Å²) in [6.07, 6.45) is 0. The largest absolute Gasteiger partial charge is 0.490 e. The molecule has 0 fully saturated rings. The molecule has 2 aliphatic rings. The fourth-order valence-corrected chi connectivity index (χ4v) is 4.92. The van der Waals surface area contributed by atoms with Crippen LogP contribution >= 0.6 is 15.9 Å². The van der Waals surface area contributed by atoms with Crippen molar-refractivity contribution in [1.82, 2.24) is 5.32 Å². The van der Waals surface area contributed by atoms with Crippen LogP contribution in [0.1, 0.15) is 48.2 Å². The minimum absolute atomic E-state index is 0.107. The van der Waals surface area contributed by atoms with Crippen molar-refractivity contribution in [2.75, 3.05) is 20.3 Å². The molecule has 0 amide bonds. The van der Waals surface area contributed by atoms with Crippen LogP contribution in [0.2, 0.25) is 0 Å². The number of carbonyl (C=O) groups is 2. The topological polar surface area (TPSA) is 73.9 Å². The van der Waals surface area contributed by atoms with Crippen LogP contribution in [-0.2, 0) is 9.53 Å². The van der Waals surface area contributed by atoms with E-state index in [9.17, 15) is 9.59 Å². The highest BCUT2D eigenvalue weighted by Gasteiger charge is 2.43. The van der Waals surface area contributed by atoms with Gasteiger partial charge in [-0.05, 0) is 54.4 Å². The molecule has 6 nitrogen and oxygen atoms in total. The maximum Gasteiger partial charge on any atom is 0.336 e. The molecular formula is C25H24BrNO5. The predicted octanol–water partition coefficient (Wildman–Crippen LogP) is 4.99. The molecular weight excluding hydrogens is 474 g/mol. The lowest BCUT2D eigenvalue weighted by atomic mass is 9.79. The Bertz CT molecular complexity index is 1180. The van der Waals surface area contributed by atoms with Gasteiger partial charge in [0.25, 0.3) is 0 Å². The molecule has 0 unspecified atom stereocenters. The van der Waals surface area contributed by atoms with E-state index in [0.29, 0.717) is 51.6 Å². The van der Waals surface area contributed by atoms with E-state index in [1.807, 2.05) is 57.2 Å². The number of fused-ring (bicyclic) bond motifs is 2. The molecule has 166 valence electrons. The van der Waals surface area contributed by atoms with Crippen LogP contribution in [0.4, 0.5) is 0 Å². The van der Waals surface area contributed by atoms with Gasteiger partial charge in [-0.1, -0.05) is 24.3 Å². The van der Waals surface area contributed by atoms with Crippen LogP contribution in [0.3, 0.4) is 0 Å². The molecule has 1 aliphatic heterocycles. The van der Waals surface area contributed by atoms with E-state index in [0.717, 1.165) is 16.8 Å². The number of Topliss-reactive ketones (excluding diaryl/α,β-unsaturated/α-hetero) is 1. The number of halogens is 1. The second-order valence-electron chi connectivity index (χ2n) is 7.45. The smallest absolute Gasteiger partial charge is 0.336 e. The number of allylic oxidation sites excluding steroid dienone is 2. The Morgan fingerprint density at radius 3 is 2.44 bits per heavy atom. The number of carbonyl (C=O) groups excluding carboxylic acids is 2. The predicted molar refractivity (Wildman–Crippen MR) is 125 cm³/mol. The zero-order valence-corrected chi connectivity index (χ0v) is 20.0. The normalized spacial score (nSPS) is 17.0. The van der Waals surface area contributed by atoms with E-state index >= 15 is 0 Å². The molecule has 0 radical (unpaired) electrons. The lowest BCUT2D eigenvalue weighted by Gasteiger charge is -2.29. The first-order valence-electron chi connectivity index (χ1n) is 10.5. The van der Waals surface area contributed by atoms with Crippen molar-refractivity contribution in [3.05, 3.63) is 74.4 Å². The molecule has 0 saturated carbocycles. The molecule has 32 heavy (non-hydrogen) atoms. The van der Waals surface area contributed by atoms with E-state index in [4.69, 9.17) is 14.2 Å². The lowest BCUT2D eigenvalue weighted by molar-refractivity contribution is -0.136. The first kappa shape index (κ1) is 22.1. The van der Waals surface area contributed by atoms with Crippen LogP contribution in [0.15, 0.2) is 57.7 Å². The van der Waals surface area contributed by atoms with Gasteiger partial charge in [0.1, 0.15) is 0 Å². The minimum atomic E-state index is -0.621. The van der Waals surface area contributed by atoms with Gasteiger partial charge in [-0.3, -0.25) is 4.79 Å². The van der Waals surface area contributed by atoms with Gasteiger partial charge < -0.3 is 19.5 Å². The van der Waals surface area contributed by atoms with E-state index in [2.05, 4.69) is 21.2 Å². The van der Waals surface area contributed by atoms with E-state index in [1.54, 1.807) is 0 Å². The molecule has 1 heterocycles. The van der Waals surface area contributed by atoms with Crippen molar-refractivity contribution in [3.8, 4) is 11.5 Å². The highest BCUT2D eigenvalue weighted by molar-refractivity contribution is 9.10.